The molecule has 2 aromatic rings. The Labute approximate surface area is 204 Å². The Bertz CT molecular complexity index is 921. The molecule has 34 heavy (non-hydrogen) atoms. The van der Waals surface area contributed by atoms with Crippen LogP contribution >= 0.6 is 0 Å². The van der Waals surface area contributed by atoms with Gasteiger partial charge in [0.15, 0.2) is 0 Å². The molecule has 0 spiro atoms. The third kappa shape index (κ3) is 4.17. The molecular weight excluding hydrogens is 448 g/mol. The molecule has 4 atom stereocenters. The molecule has 0 bridgehead atoms. The highest BCUT2D eigenvalue weighted by atomic mass is 28.4. The lowest BCUT2D eigenvalue weighted by Gasteiger charge is -2.54. The summed E-state index contributed by atoms with van der Waals surface area (Å²) in [6, 6.07) is 21.2. The van der Waals surface area contributed by atoms with Crippen molar-refractivity contribution in [3.63, 3.8) is 0 Å². The van der Waals surface area contributed by atoms with E-state index in [1.54, 1.807) is 14.2 Å². The molecule has 2 fully saturated rings. The molecular formula is C27H38O6Si. The quantitative estimate of drug-likeness (QED) is 0.421. The van der Waals surface area contributed by atoms with Crippen molar-refractivity contribution in [1.29, 1.82) is 0 Å². The van der Waals surface area contributed by atoms with E-state index < -0.39 is 25.5 Å². The van der Waals surface area contributed by atoms with Crippen molar-refractivity contribution in [1.82, 2.24) is 0 Å². The summed E-state index contributed by atoms with van der Waals surface area (Å²) in [5, 5.41) is 2.28. The second-order valence-electron chi connectivity index (χ2n) is 10.5. The molecule has 2 aromatic carbocycles. The molecule has 2 saturated heterocycles. The largest absolute Gasteiger partial charge is 0.404 e. The molecule has 0 N–H and O–H groups in total. The van der Waals surface area contributed by atoms with Crippen LogP contribution in [-0.4, -0.2) is 65.6 Å². The van der Waals surface area contributed by atoms with E-state index in [-0.39, 0.29) is 17.7 Å². The third-order valence-electron chi connectivity index (χ3n) is 7.46. The van der Waals surface area contributed by atoms with Gasteiger partial charge in [-0.3, -0.25) is 0 Å². The van der Waals surface area contributed by atoms with Gasteiger partial charge in [-0.25, -0.2) is 0 Å². The second kappa shape index (κ2) is 9.13. The lowest BCUT2D eigenvalue weighted by atomic mass is 9.96. The zero-order chi connectivity index (χ0) is 24.7. The highest BCUT2D eigenvalue weighted by Gasteiger charge is 2.64. The van der Waals surface area contributed by atoms with Crippen LogP contribution in [0.3, 0.4) is 0 Å². The first-order valence-electron chi connectivity index (χ1n) is 11.9. The maximum atomic E-state index is 7.21. The normalized spacial score (nSPS) is 31.9. The highest BCUT2D eigenvalue weighted by Crippen LogP contribution is 2.46. The van der Waals surface area contributed by atoms with Gasteiger partial charge in [-0.1, -0.05) is 81.4 Å². The summed E-state index contributed by atoms with van der Waals surface area (Å²) in [6.45, 7) is 11.6. The molecule has 186 valence electrons. The minimum absolute atomic E-state index is 0.137. The molecule has 7 heteroatoms. The molecule has 2 aliphatic heterocycles. The Morgan fingerprint density at radius 1 is 0.882 bits per heavy atom. The fourth-order valence-electron chi connectivity index (χ4n) is 5.04. The first-order valence-corrected chi connectivity index (χ1v) is 13.8. The maximum absolute atomic E-state index is 7.21. The van der Waals surface area contributed by atoms with Gasteiger partial charge in [0.1, 0.15) is 11.7 Å². The first-order chi connectivity index (χ1) is 16.1. The molecule has 1 unspecified atom stereocenters. The molecule has 6 nitrogen and oxygen atoms in total. The third-order valence-corrected chi connectivity index (χ3v) is 12.4. The molecule has 0 aliphatic carbocycles. The van der Waals surface area contributed by atoms with Crippen LogP contribution in [0.2, 0.25) is 5.04 Å². The summed E-state index contributed by atoms with van der Waals surface area (Å²) in [5.41, 5.74) is -0.824. The van der Waals surface area contributed by atoms with Gasteiger partial charge in [0, 0.05) is 14.2 Å². The predicted octanol–water partition coefficient (Wildman–Crippen LogP) is 3.47. The van der Waals surface area contributed by atoms with E-state index in [9.17, 15) is 0 Å². The Hall–Kier alpha value is -1.58. The summed E-state index contributed by atoms with van der Waals surface area (Å²) >= 11 is 0. The number of hydrogen-bond donors (Lipinski definition) is 0. The molecule has 2 aliphatic rings. The highest BCUT2D eigenvalue weighted by molar-refractivity contribution is 6.99. The lowest BCUT2D eigenvalue weighted by Crippen LogP contribution is -2.72. The summed E-state index contributed by atoms with van der Waals surface area (Å²) in [7, 11) is 0.440. The van der Waals surface area contributed by atoms with Gasteiger partial charge in [-0.2, -0.15) is 0 Å². The second-order valence-corrected chi connectivity index (χ2v) is 14.8. The summed E-state index contributed by atoms with van der Waals surface area (Å²) < 4.78 is 37.5. The fourth-order valence-corrected chi connectivity index (χ4v) is 9.66. The number of rotatable bonds is 8. The van der Waals surface area contributed by atoms with E-state index in [0.717, 1.165) is 0 Å². The Kier molecular flexibility index (Phi) is 6.85. The molecule has 0 radical (unpaired) electrons. The topological polar surface area (TPSA) is 58.7 Å². The van der Waals surface area contributed by atoms with Crippen molar-refractivity contribution < 1.29 is 28.1 Å². The standard InChI is InChI=1S/C27H38O6Si/c1-24(2,3)34(21-14-10-8-11-15-21,22-16-12-9-13-17-22)32-20-27(23-18-30-23)19-31-25(4,28-6)26(5,29-7)33-27/h8-17,23H,18-20H2,1-7H3/t23?,25-,26-,27+/m0/s1. The molecule has 4 rings (SSSR count). The molecule has 2 heterocycles. The lowest BCUT2D eigenvalue weighted by molar-refractivity contribution is -0.455. The molecule has 0 amide bonds. The average molecular weight is 487 g/mol. The van der Waals surface area contributed by atoms with Crippen molar-refractivity contribution in [2.24, 2.45) is 0 Å². The van der Waals surface area contributed by atoms with Gasteiger partial charge in [-0.15, -0.1) is 0 Å². The van der Waals surface area contributed by atoms with E-state index in [0.29, 0.717) is 13.2 Å². The number of benzene rings is 2. The van der Waals surface area contributed by atoms with Crippen LogP contribution in [0.4, 0.5) is 0 Å². The van der Waals surface area contributed by atoms with Crippen molar-refractivity contribution >= 4 is 18.7 Å². The zero-order valence-electron chi connectivity index (χ0n) is 21.4. The number of epoxide rings is 1. The van der Waals surface area contributed by atoms with Crippen molar-refractivity contribution in [2.75, 3.05) is 34.0 Å². The van der Waals surface area contributed by atoms with Crippen LogP contribution in [-0.2, 0) is 28.1 Å². The number of methoxy groups -OCH3 is 2. The minimum atomic E-state index is -2.76. The van der Waals surface area contributed by atoms with E-state index in [1.165, 1.54) is 10.4 Å². The van der Waals surface area contributed by atoms with Crippen LogP contribution in [0, 0.1) is 0 Å². The van der Waals surface area contributed by atoms with Gasteiger partial charge in [0.2, 0.25) is 11.6 Å². The van der Waals surface area contributed by atoms with Crippen molar-refractivity contribution in [3.05, 3.63) is 60.7 Å². The summed E-state index contributed by atoms with van der Waals surface area (Å²) in [6.07, 6.45) is -0.137. The number of ether oxygens (including phenoxy) is 5. The smallest absolute Gasteiger partial charge is 0.261 e. The van der Waals surface area contributed by atoms with Crippen LogP contribution in [0.5, 0.6) is 0 Å². The van der Waals surface area contributed by atoms with Crippen LogP contribution in [0.1, 0.15) is 34.6 Å². The Morgan fingerprint density at radius 3 is 1.79 bits per heavy atom. The summed E-state index contributed by atoms with van der Waals surface area (Å²) in [4.78, 5) is 0. The number of hydrogen-bond acceptors (Lipinski definition) is 6. The van der Waals surface area contributed by atoms with Crippen molar-refractivity contribution in [2.45, 2.75) is 62.9 Å². The van der Waals surface area contributed by atoms with Gasteiger partial charge in [0.05, 0.1) is 19.8 Å². The van der Waals surface area contributed by atoms with Gasteiger partial charge >= 0.3 is 0 Å². The Morgan fingerprint density at radius 2 is 1.38 bits per heavy atom. The van der Waals surface area contributed by atoms with Crippen LogP contribution in [0.25, 0.3) is 0 Å². The maximum Gasteiger partial charge on any atom is 0.261 e. The van der Waals surface area contributed by atoms with Crippen LogP contribution < -0.4 is 10.4 Å². The molecule has 0 saturated carbocycles. The van der Waals surface area contributed by atoms with E-state index in [2.05, 4.69) is 69.3 Å². The van der Waals surface area contributed by atoms with E-state index >= 15 is 0 Å². The first kappa shape index (κ1) is 25.5. The predicted molar refractivity (Wildman–Crippen MR) is 134 cm³/mol. The van der Waals surface area contributed by atoms with E-state index in [1.807, 2.05) is 26.0 Å². The van der Waals surface area contributed by atoms with Crippen molar-refractivity contribution in [3.8, 4) is 0 Å². The van der Waals surface area contributed by atoms with Gasteiger partial charge in [0.25, 0.3) is 8.32 Å². The summed E-state index contributed by atoms with van der Waals surface area (Å²) in [5.74, 6) is -2.20. The van der Waals surface area contributed by atoms with E-state index in [4.69, 9.17) is 28.1 Å². The Balaban J connectivity index is 1.77. The zero-order valence-corrected chi connectivity index (χ0v) is 22.4. The SMILES string of the molecule is CO[C@@]1(C)OC[C@@](CO[Si](c2ccccc2)(c2ccccc2)C(C)(C)C)(C2CO2)O[C@]1(C)OC. The van der Waals surface area contributed by atoms with Gasteiger partial charge in [-0.05, 0) is 29.3 Å². The van der Waals surface area contributed by atoms with Gasteiger partial charge < -0.3 is 28.1 Å². The average Bonchev–Trinajstić information content (AvgIpc) is 3.68. The van der Waals surface area contributed by atoms with Crippen LogP contribution in [0.15, 0.2) is 60.7 Å². The molecule has 0 aromatic heterocycles. The minimum Gasteiger partial charge on any atom is -0.404 e. The fraction of sp³-hybridized carbons (Fsp3) is 0.556. The monoisotopic (exact) mass is 486 g/mol.